The van der Waals surface area contributed by atoms with Crippen molar-refractivity contribution in [1.29, 1.82) is 0 Å². The van der Waals surface area contributed by atoms with Crippen LogP contribution in [0.4, 0.5) is 0 Å². The zero-order chi connectivity index (χ0) is 11.6. The number of benzene rings is 1. The van der Waals surface area contributed by atoms with Crippen LogP contribution in [0.25, 0.3) is 0 Å². The Morgan fingerprint density at radius 2 is 2.12 bits per heavy atom. The van der Waals surface area contributed by atoms with Crippen LogP contribution in [0.5, 0.6) is 5.75 Å². The van der Waals surface area contributed by atoms with E-state index in [1.807, 2.05) is 24.3 Å². The SMILES string of the molecule is NCc1cccc(OCC2CS(=O)(=O)C2)c1. The van der Waals surface area contributed by atoms with Crippen LogP contribution in [0.2, 0.25) is 0 Å². The van der Waals surface area contributed by atoms with Gasteiger partial charge in [-0.25, -0.2) is 8.42 Å². The second-order valence-corrected chi connectivity index (χ2v) is 6.26. The van der Waals surface area contributed by atoms with Crippen molar-refractivity contribution in [1.82, 2.24) is 0 Å². The van der Waals surface area contributed by atoms with Gasteiger partial charge in [-0.1, -0.05) is 12.1 Å². The molecule has 0 bridgehead atoms. The van der Waals surface area contributed by atoms with Gasteiger partial charge in [-0.3, -0.25) is 0 Å². The van der Waals surface area contributed by atoms with Crippen LogP contribution < -0.4 is 10.5 Å². The summed E-state index contributed by atoms with van der Waals surface area (Å²) in [5.74, 6) is 1.41. The number of ether oxygens (including phenoxy) is 1. The van der Waals surface area contributed by atoms with Crippen LogP contribution in [0.3, 0.4) is 0 Å². The van der Waals surface area contributed by atoms with Crippen molar-refractivity contribution in [3.05, 3.63) is 29.8 Å². The van der Waals surface area contributed by atoms with Crippen LogP contribution in [-0.2, 0) is 16.4 Å². The molecule has 0 unspecified atom stereocenters. The van der Waals surface area contributed by atoms with Gasteiger partial charge in [0.1, 0.15) is 5.75 Å². The molecule has 0 spiro atoms. The molecule has 0 saturated carbocycles. The highest BCUT2D eigenvalue weighted by molar-refractivity contribution is 7.92. The maximum Gasteiger partial charge on any atom is 0.151 e. The van der Waals surface area contributed by atoms with E-state index < -0.39 is 9.84 Å². The maximum atomic E-state index is 10.9. The summed E-state index contributed by atoms with van der Waals surface area (Å²) in [6, 6.07) is 7.55. The summed E-state index contributed by atoms with van der Waals surface area (Å²) in [6.45, 7) is 0.947. The van der Waals surface area contributed by atoms with Crippen molar-refractivity contribution in [3.8, 4) is 5.75 Å². The molecule has 1 aromatic rings. The molecule has 1 saturated heterocycles. The van der Waals surface area contributed by atoms with Crippen molar-refractivity contribution < 1.29 is 13.2 Å². The van der Waals surface area contributed by atoms with Crippen LogP contribution in [0.15, 0.2) is 24.3 Å². The molecule has 0 aliphatic carbocycles. The second-order valence-electron chi connectivity index (χ2n) is 4.11. The first-order valence-corrected chi connectivity index (χ1v) is 7.03. The van der Waals surface area contributed by atoms with Crippen molar-refractivity contribution in [2.45, 2.75) is 6.54 Å². The summed E-state index contributed by atoms with van der Waals surface area (Å²) in [6.07, 6.45) is 0. The van der Waals surface area contributed by atoms with E-state index in [2.05, 4.69) is 0 Å². The van der Waals surface area contributed by atoms with Gasteiger partial charge in [0.25, 0.3) is 0 Å². The second kappa shape index (κ2) is 4.43. The molecule has 0 aromatic heterocycles. The zero-order valence-electron chi connectivity index (χ0n) is 8.93. The smallest absolute Gasteiger partial charge is 0.151 e. The average Bonchev–Trinajstić information content (AvgIpc) is 2.23. The van der Waals surface area contributed by atoms with E-state index in [-0.39, 0.29) is 17.4 Å². The van der Waals surface area contributed by atoms with Crippen LogP contribution in [-0.4, -0.2) is 26.5 Å². The maximum absolute atomic E-state index is 10.9. The summed E-state index contributed by atoms with van der Waals surface area (Å²) in [7, 11) is -2.75. The summed E-state index contributed by atoms with van der Waals surface area (Å²) in [4.78, 5) is 0. The number of sulfone groups is 1. The Morgan fingerprint density at radius 3 is 2.75 bits per heavy atom. The van der Waals surface area contributed by atoms with Gasteiger partial charge in [0.05, 0.1) is 18.1 Å². The molecule has 0 radical (unpaired) electrons. The van der Waals surface area contributed by atoms with Gasteiger partial charge >= 0.3 is 0 Å². The molecule has 2 N–H and O–H groups in total. The lowest BCUT2D eigenvalue weighted by molar-refractivity contribution is 0.263. The fourth-order valence-electron chi connectivity index (χ4n) is 1.74. The predicted molar refractivity (Wildman–Crippen MR) is 62.0 cm³/mol. The first-order valence-electron chi connectivity index (χ1n) is 5.21. The van der Waals surface area contributed by atoms with E-state index >= 15 is 0 Å². The molecule has 1 aromatic carbocycles. The van der Waals surface area contributed by atoms with E-state index in [9.17, 15) is 8.42 Å². The minimum absolute atomic E-state index is 0.145. The Morgan fingerprint density at radius 1 is 1.38 bits per heavy atom. The highest BCUT2D eigenvalue weighted by Crippen LogP contribution is 2.20. The Labute approximate surface area is 95.3 Å². The Kier molecular flexibility index (Phi) is 3.16. The third-order valence-electron chi connectivity index (χ3n) is 2.60. The summed E-state index contributed by atoms with van der Waals surface area (Å²) >= 11 is 0. The number of rotatable bonds is 4. The molecule has 1 heterocycles. The number of hydrogen-bond acceptors (Lipinski definition) is 4. The molecular weight excluding hydrogens is 226 g/mol. The van der Waals surface area contributed by atoms with E-state index in [1.54, 1.807) is 0 Å². The molecule has 0 amide bonds. The summed E-state index contributed by atoms with van der Waals surface area (Å²) in [5.41, 5.74) is 6.53. The minimum Gasteiger partial charge on any atom is -0.493 e. The highest BCUT2D eigenvalue weighted by Gasteiger charge is 2.33. The number of nitrogens with two attached hydrogens (primary N) is 1. The lowest BCUT2D eigenvalue weighted by Crippen LogP contribution is -2.39. The fourth-order valence-corrected chi connectivity index (χ4v) is 3.27. The van der Waals surface area contributed by atoms with Crippen molar-refractivity contribution in [2.24, 2.45) is 11.7 Å². The molecule has 2 rings (SSSR count). The highest BCUT2D eigenvalue weighted by atomic mass is 32.2. The first-order chi connectivity index (χ1) is 7.59. The molecule has 1 fully saturated rings. The van der Waals surface area contributed by atoms with E-state index in [0.29, 0.717) is 13.2 Å². The Bertz CT molecular complexity index is 458. The summed E-state index contributed by atoms with van der Waals surface area (Å²) in [5, 5.41) is 0. The zero-order valence-corrected chi connectivity index (χ0v) is 9.74. The molecule has 1 aliphatic rings. The molecule has 16 heavy (non-hydrogen) atoms. The lowest BCUT2D eigenvalue weighted by atomic mass is 10.2. The van der Waals surface area contributed by atoms with Gasteiger partial charge in [-0.05, 0) is 17.7 Å². The fraction of sp³-hybridized carbons (Fsp3) is 0.455. The molecule has 4 nitrogen and oxygen atoms in total. The van der Waals surface area contributed by atoms with Crippen molar-refractivity contribution in [2.75, 3.05) is 18.1 Å². The predicted octanol–water partition coefficient (Wildman–Crippen LogP) is 0.569. The Balaban J connectivity index is 1.86. The van der Waals surface area contributed by atoms with Crippen LogP contribution >= 0.6 is 0 Å². The van der Waals surface area contributed by atoms with Gasteiger partial charge in [0.2, 0.25) is 0 Å². The third kappa shape index (κ3) is 2.74. The molecule has 5 heteroatoms. The lowest BCUT2D eigenvalue weighted by Gasteiger charge is -2.25. The molecule has 0 atom stereocenters. The number of hydrogen-bond donors (Lipinski definition) is 1. The average molecular weight is 241 g/mol. The quantitative estimate of drug-likeness (QED) is 0.836. The van der Waals surface area contributed by atoms with Crippen molar-refractivity contribution in [3.63, 3.8) is 0 Å². The van der Waals surface area contributed by atoms with Gasteiger partial charge in [0.15, 0.2) is 9.84 Å². The van der Waals surface area contributed by atoms with E-state index in [4.69, 9.17) is 10.5 Å². The van der Waals surface area contributed by atoms with Crippen molar-refractivity contribution >= 4 is 9.84 Å². The normalized spacial score (nSPS) is 19.1. The Hall–Kier alpha value is -1.07. The van der Waals surface area contributed by atoms with E-state index in [1.165, 1.54) is 0 Å². The monoisotopic (exact) mass is 241 g/mol. The topological polar surface area (TPSA) is 69.4 Å². The minimum atomic E-state index is -2.75. The third-order valence-corrected chi connectivity index (χ3v) is 4.56. The van der Waals surface area contributed by atoms with Gasteiger partial charge in [0, 0.05) is 12.5 Å². The van der Waals surface area contributed by atoms with Gasteiger partial charge < -0.3 is 10.5 Å². The molecule has 1 aliphatic heterocycles. The largest absolute Gasteiger partial charge is 0.493 e. The molecular formula is C11H15NO3S. The molecule has 88 valence electrons. The summed E-state index contributed by atoms with van der Waals surface area (Å²) < 4.78 is 27.4. The van der Waals surface area contributed by atoms with Gasteiger partial charge in [-0.2, -0.15) is 0 Å². The van der Waals surface area contributed by atoms with Gasteiger partial charge in [-0.15, -0.1) is 0 Å². The van der Waals surface area contributed by atoms with Crippen LogP contribution in [0.1, 0.15) is 5.56 Å². The van der Waals surface area contributed by atoms with Crippen LogP contribution in [0, 0.1) is 5.92 Å². The standard InChI is InChI=1S/C11H15NO3S/c12-5-9-2-1-3-11(4-9)15-6-10-7-16(13,14)8-10/h1-4,10H,5-8,12H2. The first kappa shape index (κ1) is 11.4. The van der Waals surface area contributed by atoms with E-state index in [0.717, 1.165) is 11.3 Å².